The second kappa shape index (κ2) is 9.23. The number of hydrogen-bond donors (Lipinski definition) is 0. The van der Waals surface area contributed by atoms with Crippen LogP contribution in [0.25, 0.3) is 0 Å². The molecular weight excluding hydrogens is 202 g/mol. The lowest BCUT2D eigenvalue weighted by atomic mass is 10.1. The molecule has 0 fully saturated rings. The van der Waals surface area contributed by atoms with E-state index in [9.17, 15) is 4.79 Å². The number of esters is 1. The van der Waals surface area contributed by atoms with E-state index in [-0.39, 0.29) is 12.6 Å². The monoisotopic (exact) mass is 225 g/mol. The van der Waals surface area contributed by atoms with Gasteiger partial charge >= 0.3 is 5.97 Å². The van der Waals surface area contributed by atoms with Gasteiger partial charge in [0.1, 0.15) is 0 Å². The van der Waals surface area contributed by atoms with E-state index >= 15 is 0 Å². The van der Waals surface area contributed by atoms with Crippen LogP contribution in [0.15, 0.2) is 0 Å². The van der Waals surface area contributed by atoms with Gasteiger partial charge < -0.3 is 9.64 Å². The molecule has 16 heavy (non-hydrogen) atoms. The van der Waals surface area contributed by atoms with E-state index in [0.29, 0.717) is 12.5 Å². The molecule has 0 N–H and O–H groups in total. The second-order valence-electron chi connectivity index (χ2n) is 3.83. The Morgan fingerprint density at radius 1 is 1.44 bits per heavy atom. The van der Waals surface area contributed by atoms with Crippen LogP contribution in [-0.2, 0) is 9.53 Å². The highest BCUT2D eigenvalue weighted by molar-refractivity contribution is 5.69. The molecule has 0 amide bonds. The van der Waals surface area contributed by atoms with E-state index in [4.69, 9.17) is 11.2 Å². The summed E-state index contributed by atoms with van der Waals surface area (Å²) in [5, 5.41) is 0. The molecule has 0 aromatic carbocycles. The lowest BCUT2D eigenvalue weighted by molar-refractivity contribution is -0.142. The predicted octanol–water partition coefficient (Wildman–Crippen LogP) is 2.06. The van der Waals surface area contributed by atoms with Crippen molar-refractivity contribution in [2.45, 2.75) is 46.1 Å². The number of carbonyl (C=O) groups is 1. The minimum atomic E-state index is -0.190. The minimum absolute atomic E-state index is 0.0877. The van der Waals surface area contributed by atoms with Crippen LogP contribution in [0.3, 0.4) is 0 Å². The molecule has 0 aromatic rings. The molecule has 1 unspecified atom stereocenters. The van der Waals surface area contributed by atoms with Crippen LogP contribution in [0, 0.1) is 12.3 Å². The lowest BCUT2D eigenvalue weighted by Gasteiger charge is -2.26. The van der Waals surface area contributed by atoms with Crippen molar-refractivity contribution < 1.29 is 9.53 Å². The summed E-state index contributed by atoms with van der Waals surface area (Å²) in [5.41, 5.74) is 0. The number of hydrogen-bond acceptors (Lipinski definition) is 3. The zero-order chi connectivity index (χ0) is 12.4. The maximum absolute atomic E-state index is 11.2. The molecule has 0 bridgehead atoms. The zero-order valence-electron chi connectivity index (χ0n) is 10.7. The minimum Gasteiger partial charge on any atom is -0.452 e. The van der Waals surface area contributed by atoms with E-state index in [0.717, 1.165) is 25.9 Å². The summed E-state index contributed by atoms with van der Waals surface area (Å²) in [7, 11) is 0. The fraction of sp³-hybridized carbons (Fsp3) is 0.769. The molecule has 0 radical (unpaired) electrons. The number of carbonyl (C=O) groups excluding carboxylic acids is 1. The summed E-state index contributed by atoms with van der Waals surface area (Å²) in [4.78, 5) is 13.5. The average molecular weight is 225 g/mol. The summed E-state index contributed by atoms with van der Waals surface area (Å²) in [6, 6.07) is 0.524. The van der Waals surface area contributed by atoms with E-state index < -0.39 is 0 Å². The van der Waals surface area contributed by atoms with Gasteiger partial charge in [0.05, 0.1) is 0 Å². The van der Waals surface area contributed by atoms with Crippen LogP contribution in [0.2, 0.25) is 0 Å². The van der Waals surface area contributed by atoms with Crippen LogP contribution >= 0.6 is 0 Å². The van der Waals surface area contributed by atoms with Crippen molar-refractivity contribution in [3.8, 4) is 12.3 Å². The third-order valence-electron chi connectivity index (χ3n) is 2.75. The Labute approximate surface area is 99.2 Å². The first-order valence-electron chi connectivity index (χ1n) is 5.98. The first kappa shape index (κ1) is 15.0. The normalized spacial score (nSPS) is 12.2. The predicted molar refractivity (Wildman–Crippen MR) is 66.0 cm³/mol. The van der Waals surface area contributed by atoms with Crippen molar-refractivity contribution in [1.82, 2.24) is 4.90 Å². The summed E-state index contributed by atoms with van der Waals surface area (Å²) in [6.07, 6.45) is 7.34. The molecule has 3 nitrogen and oxygen atoms in total. The highest BCUT2D eigenvalue weighted by Crippen LogP contribution is 2.08. The Morgan fingerprint density at radius 2 is 2.06 bits per heavy atom. The number of rotatable bonds is 8. The maximum Gasteiger partial charge on any atom is 0.306 e. The smallest absolute Gasteiger partial charge is 0.306 e. The van der Waals surface area contributed by atoms with Gasteiger partial charge in [-0.25, -0.2) is 0 Å². The quantitative estimate of drug-likeness (QED) is 0.468. The van der Waals surface area contributed by atoms with Gasteiger partial charge in [-0.05, 0) is 32.9 Å². The fourth-order valence-electron chi connectivity index (χ4n) is 1.77. The SMILES string of the molecule is C#CCOC(=O)CCCC(C)N(CC)CC. The highest BCUT2D eigenvalue weighted by atomic mass is 16.5. The fourth-order valence-corrected chi connectivity index (χ4v) is 1.77. The van der Waals surface area contributed by atoms with Crippen molar-refractivity contribution in [2.75, 3.05) is 19.7 Å². The molecule has 0 aliphatic heterocycles. The molecule has 1 atom stereocenters. The highest BCUT2D eigenvalue weighted by Gasteiger charge is 2.10. The van der Waals surface area contributed by atoms with Crippen molar-refractivity contribution in [3.63, 3.8) is 0 Å². The Morgan fingerprint density at radius 3 is 2.56 bits per heavy atom. The number of terminal acetylenes is 1. The first-order valence-corrected chi connectivity index (χ1v) is 5.98. The van der Waals surface area contributed by atoms with Crippen molar-refractivity contribution in [1.29, 1.82) is 0 Å². The summed E-state index contributed by atoms with van der Waals surface area (Å²) in [6.45, 7) is 8.70. The van der Waals surface area contributed by atoms with Gasteiger partial charge in [-0.1, -0.05) is 19.8 Å². The molecule has 3 heteroatoms. The molecule has 0 aromatic heterocycles. The molecule has 0 heterocycles. The van der Waals surface area contributed by atoms with Crippen molar-refractivity contribution in [2.24, 2.45) is 0 Å². The van der Waals surface area contributed by atoms with E-state index in [1.807, 2.05) is 0 Å². The molecular formula is C13H23NO2. The third kappa shape index (κ3) is 6.47. The van der Waals surface area contributed by atoms with Crippen LogP contribution < -0.4 is 0 Å². The van der Waals surface area contributed by atoms with Crippen LogP contribution in [0.1, 0.15) is 40.0 Å². The van der Waals surface area contributed by atoms with Gasteiger partial charge in [0.25, 0.3) is 0 Å². The third-order valence-corrected chi connectivity index (χ3v) is 2.75. The maximum atomic E-state index is 11.2. The Balaban J connectivity index is 3.65. The molecule has 0 saturated heterocycles. The van der Waals surface area contributed by atoms with Gasteiger partial charge in [0.2, 0.25) is 0 Å². The summed E-state index contributed by atoms with van der Waals surface area (Å²) >= 11 is 0. The van der Waals surface area contributed by atoms with Gasteiger partial charge in [-0.2, -0.15) is 0 Å². The van der Waals surface area contributed by atoms with Gasteiger partial charge in [-0.15, -0.1) is 6.42 Å². The molecule has 0 saturated carbocycles. The first-order chi connectivity index (χ1) is 7.65. The molecule has 0 aliphatic carbocycles. The molecule has 0 rings (SSSR count). The van der Waals surface area contributed by atoms with E-state index in [1.54, 1.807) is 0 Å². The largest absolute Gasteiger partial charge is 0.452 e. The Hall–Kier alpha value is -1.01. The summed E-state index contributed by atoms with van der Waals surface area (Å²) < 4.78 is 4.80. The van der Waals surface area contributed by atoms with Crippen LogP contribution in [0.4, 0.5) is 0 Å². The number of ether oxygens (including phenoxy) is 1. The number of nitrogens with zero attached hydrogens (tertiary/aromatic N) is 1. The molecule has 92 valence electrons. The summed E-state index contributed by atoms with van der Waals surface area (Å²) in [5.74, 6) is 2.09. The van der Waals surface area contributed by atoms with E-state index in [2.05, 4.69) is 31.6 Å². The van der Waals surface area contributed by atoms with Gasteiger partial charge in [-0.3, -0.25) is 4.79 Å². The topological polar surface area (TPSA) is 29.5 Å². The molecule has 0 aliphatic rings. The van der Waals surface area contributed by atoms with Crippen LogP contribution in [-0.4, -0.2) is 36.6 Å². The van der Waals surface area contributed by atoms with Gasteiger partial charge in [0.15, 0.2) is 6.61 Å². The van der Waals surface area contributed by atoms with Crippen molar-refractivity contribution >= 4 is 5.97 Å². The average Bonchev–Trinajstić information content (AvgIpc) is 2.28. The van der Waals surface area contributed by atoms with Crippen molar-refractivity contribution in [3.05, 3.63) is 0 Å². The standard InChI is InChI=1S/C13H23NO2/c1-5-11-16-13(15)10-8-9-12(4)14(6-2)7-3/h1,12H,6-11H2,2-4H3. The molecule has 0 spiro atoms. The zero-order valence-corrected chi connectivity index (χ0v) is 10.7. The van der Waals surface area contributed by atoms with Crippen LogP contribution in [0.5, 0.6) is 0 Å². The lowest BCUT2D eigenvalue weighted by Crippen LogP contribution is -2.32. The Bertz CT molecular complexity index is 229. The van der Waals surface area contributed by atoms with E-state index in [1.165, 1.54) is 0 Å². The second-order valence-corrected chi connectivity index (χ2v) is 3.83. The Kier molecular flexibility index (Phi) is 8.65. The van der Waals surface area contributed by atoms with Gasteiger partial charge in [0, 0.05) is 12.5 Å².